The van der Waals surface area contributed by atoms with Gasteiger partial charge in [-0.3, -0.25) is 11.3 Å². The fourth-order valence-electron chi connectivity index (χ4n) is 2.21. The Labute approximate surface area is 123 Å². The van der Waals surface area contributed by atoms with E-state index < -0.39 is 0 Å². The zero-order valence-corrected chi connectivity index (χ0v) is 12.1. The van der Waals surface area contributed by atoms with Gasteiger partial charge in [0.15, 0.2) is 11.5 Å². The van der Waals surface area contributed by atoms with Gasteiger partial charge in [0.1, 0.15) is 5.82 Å². The highest BCUT2D eigenvalue weighted by Crippen LogP contribution is 2.29. The second kappa shape index (κ2) is 7.06. The molecule has 0 fully saturated rings. The van der Waals surface area contributed by atoms with Gasteiger partial charge >= 0.3 is 0 Å². The zero-order chi connectivity index (χ0) is 15.2. The van der Waals surface area contributed by atoms with Crippen LogP contribution in [0.4, 0.5) is 4.39 Å². The largest absolute Gasteiger partial charge is 0.493 e. The minimum atomic E-state index is -0.263. The third-order valence-electron chi connectivity index (χ3n) is 3.36. The van der Waals surface area contributed by atoms with E-state index in [2.05, 4.69) is 5.43 Å². The lowest BCUT2D eigenvalue weighted by Gasteiger charge is -2.17. The summed E-state index contributed by atoms with van der Waals surface area (Å²) in [6, 6.07) is 11.9. The summed E-state index contributed by atoms with van der Waals surface area (Å²) in [7, 11) is 3.19. The zero-order valence-electron chi connectivity index (χ0n) is 12.1. The number of hydrogen-bond acceptors (Lipinski definition) is 4. The predicted octanol–water partition coefficient (Wildman–Crippen LogP) is 2.59. The van der Waals surface area contributed by atoms with Crippen LogP contribution in [0.15, 0.2) is 42.5 Å². The average Bonchev–Trinajstić information content (AvgIpc) is 2.53. The molecular weight excluding hydrogens is 271 g/mol. The van der Waals surface area contributed by atoms with Crippen LogP contribution in [0.1, 0.15) is 17.2 Å². The summed E-state index contributed by atoms with van der Waals surface area (Å²) in [4.78, 5) is 0. The summed E-state index contributed by atoms with van der Waals surface area (Å²) in [5.74, 6) is 6.71. The van der Waals surface area contributed by atoms with Crippen molar-refractivity contribution in [3.63, 3.8) is 0 Å². The number of rotatable bonds is 6. The Hall–Kier alpha value is -2.11. The summed E-state index contributed by atoms with van der Waals surface area (Å²) < 4.78 is 23.5. The van der Waals surface area contributed by atoms with Crippen LogP contribution in [0.3, 0.4) is 0 Å². The fourth-order valence-corrected chi connectivity index (χ4v) is 2.21. The summed E-state index contributed by atoms with van der Waals surface area (Å²) in [5, 5.41) is 0. The third-order valence-corrected chi connectivity index (χ3v) is 3.36. The molecule has 0 radical (unpaired) electrons. The molecule has 112 valence electrons. The second-order valence-electron chi connectivity index (χ2n) is 4.66. The van der Waals surface area contributed by atoms with E-state index in [1.54, 1.807) is 26.4 Å². The standard InChI is InChI=1S/C16H19FN2O2/c1-20-15-8-3-11(10-16(15)21-2)9-14(19-18)12-4-6-13(17)7-5-12/h3-8,10,14,19H,9,18H2,1-2H3. The highest BCUT2D eigenvalue weighted by Gasteiger charge is 2.12. The van der Waals surface area contributed by atoms with Crippen LogP contribution in [0.2, 0.25) is 0 Å². The lowest BCUT2D eigenvalue weighted by Crippen LogP contribution is -2.29. The fraction of sp³-hybridized carbons (Fsp3) is 0.250. The molecule has 0 aromatic heterocycles. The maximum atomic E-state index is 13.0. The SMILES string of the molecule is COc1ccc(CC(NN)c2ccc(F)cc2)cc1OC. The van der Waals surface area contributed by atoms with Crippen molar-refractivity contribution in [1.82, 2.24) is 5.43 Å². The van der Waals surface area contributed by atoms with Gasteiger partial charge in [-0.25, -0.2) is 4.39 Å². The molecule has 0 heterocycles. The Balaban J connectivity index is 2.20. The van der Waals surface area contributed by atoms with Crippen LogP contribution >= 0.6 is 0 Å². The molecule has 3 N–H and O–H groups in total. The van der Waals surface area contributed by atoms with Crippen molar-refractivity contribution in [2.45, 2.75) is 12.5 Å². The minimum Gasteiger partial charge on any atom is -0.493 e. The normalized spacial score (nSPS) is 12.0. The van der Waals surface area contributed by atoms with Crippen molar-refractivity contribution < 1.29 is 13.9 Å². The highest BCUT2D eigenvalue weighted by molar-refractivity contribution is 5.43. The Morgan fingerprint density at radius 1 is 1.05 bits per heavy atom. The Kier molecular flexibility index (Phi) is 5.14. The van der Waals surface area contributed by atoms with E-state index in [-0.39, 0.29) is 11.9 Å². The predicted molar refractivity (Wildman–Crippen MR) is 79.7 cm³/mol. The summed E-state index contributed by atoms with van der Waals surface area (Å²) in [6.45, 7) is 0. The maximum absolute atomic E-state index is 13.0. The number of benzene rings is 2. The van der Waals surface area contributed by atoms with E-state index in [1.807, 2.05) is 18.2 Å². The number of ether oxygens (including phenoxy) is 2. The average molecular weight is 290 g/mol. The van der Waals surface area contributed by atoms with Gasteiger partial charge in [-0.2, -0.15) is 0 Å². The molecule has 0 spiro atoms. The lowest BCUT2D eigenvalue weighted by atomic mass is 9.99. The number of halogens is 1. The molecule has 0 amide bonds. The van der Waals surface area contributed by atoms with E-state index in [0.29, 0.717) is 17.9 Å². The van der Waals surface area contributed by atoms with Gasteiger partial charge in [-0.05, 0) is 41.8 Å². The van der Waals surface area contributed by atoms with Crippen LogP contribution in [-0.2, 0) is 6.42 Å². The van der Waals surface area contributed by atoms with Crippen LogP contribution in [0, 0.1) is 5.82 Å². The minimum absolute atomic E-state index is 0.108. The Morgan fingerprint density at radius 2 is 1.71 bits per heavy atom. The first-order valence-corrected chi connectivity index (χ1v) is 6.60. The summed E-state index contributed by atoms with van der Waals surface area (Å²) in [6.07, 6.45) is 0.655. The van der Waals surface area contributed by atoms with Crippen LogP contribution < -0.4 is 20.7 Å². The van der Waals surface area contributed by atoms with Crippen LogP contribution in [-0.4, -0.2) is 14.2 Å². The van der Waals surface area contributed by atoms with Gasteiger partial charge in [0.2, 0.25) is 0 Å². The molecule has 0 saturated carbocycles. The van der Waals surface area contributed by atoms with Gasteiger partial charge < -0.3 is 9.47 Å². The quantitative estimate of drug-likeness (QED) is 0.634. The molecule has 0 saturated heterocycles. The van der Waals surface area contributed by atoms with Crippen molar-refractivity contribution in [3.05, 3.63) is 59.4 Å². The first kappa shape index (κ1) is 15.3. The molecule has 0 bridgehead atoms. The van der Waals surface area contributed by atoms with Crippen molar-refractivity contribution in [3.8, 4) is 11.5 Å². The molecule has 2 aromatic carbocycles. The number of nitrogens with two attached hydrogens (primary N) is 1. The third kappa shape index (κ3) is 3.71. The topological polar surface area (TPSA) is 56.5 Å². The molecule has 2 rings (SSSR count). The molecule has 5 heteroatoms. The van der Waals surface area contributed by atoms with E-state index in [4.69, 9.17) is 15.3 Å². The lowest BCUT2D eigenvalue weighted by molar-refractivity contribution is 0.354. The Morgan fingerprint density at radius 3 is 2.29 bits per heavy atom. The molecule has 1 atom stereocenters. The van der Waals surface area contributed by atoms with Crippen molar-refractivity contribution in [2.75, 3.05) is 14.2 Å². The first-order chi connectivity index (χ1) is 10.2. The molecular formula is C16H19FN2O2. The van der Waals surface area contributed by atoms with Gasteiger partial charge in [-0.15, -0.1) is 0 Å². The van der Waals surface area contributed by atoms with Crippen molar-refractivity contribution in [1.29, 1.82) is 0 Å². The molecule has 4 nitrogen and oxygen atoms in total. The number of nitrogens with one attached hydrogen (secondary N) is 1. The van der Waals surface area contributed by atoms with Gasteiger partial charge in [0, 0.05) is 6.04 Å². The highest BCUT2D eigenvalue weighted by atomic mass is 19.1. The van der Waals surface area contributed by atoms with Gasteiger partial charge in [0.05, 0.1) is 14.2 Å². The number of hydrogen-bond donors (Lipinski definition) is 2. The van der Waals surface area contributed by atoms with E-state index in [0.717, 1.165) is 11.1 Å². The van der Waals surface area contributed by atoms with Crippen LogP contribution in [0.25, 0.3) is 0 Å². The molecule has 0 aliphatic carbocycles. The van der Waals surface area contributed by atoms with E-state index in [1.165, 1.54) is 12.1 Å². The Bertz CT molecular complexity index is 587. The number of hydrazine groups is 1. The molecule has 0 aliphatic rings. The molecule has 0 aliphatic heterocycles. The first-order valence-electron chi connectivity index (χ1n) is 6.60. The smallest absolute Gasteiger partial charge is 0.160 e. The number of methoxy groups -OCH3 is 2. The summed E-state index contributed by atoms with van der Waals surface area (Å²) >= 11 is 0. The monoisotopic (exact) mass is 290 g/mol. The van der Waals surface area contributed by atoms with Gasteiger partial charge in [-0.1, -0.05) is 18.2 Å². The van der Waals surface area contributed by atoms with E-state index >= 15 is 0 Å². The second-order valence-corrected chi connectivity index (χ2v) is 4.66. The molecule has 21 heavy (non-hydrogen) atoms. The molecule has 1 unspecified atom stereocenters. The summed E-state index contributed by atoms with van der Waals surface area (Å²) in [5.41, 5.74) is 4.72. The van der Waals surface area contributed by atoms with Gasteiger partial charge in [0.25, 0.3) is 0 Å². The molecule has 2 aromatic rings. The maximum Gasteiger partial charge on any atom is 0.160 e. The van der Waals surface area contributed by atoms with Crippen molar-refractivity contribution >= 4 is 0 Å². The van der Waals surface area contributed by atoms with Crippen LogP contribution in [0.5, 0.6) is 11.5 Å². The van der Waals surface area contributed by atoms with Crippen molar-refractivity contribution in [2.24, 2.45) is 5.84 Å². The van der Waals surface area contributed by atoms with E-state index in [9.17, 15) is 4.39 Å².